The molecule has 0 spiro atoms. The molecule has 1 unspecified atom stereocenters. The number of halogens is 2. The van der Waals surface area contributed by atoms with E-state index >= 15 is 0 Å². The highest BCUT2D eigenvalue weighted by molar-refractivity contribution is 9.10. The van der Waals surface area contributed by atoms with Crippen molar-refractivity contribution in [2.75, 3.05) is 26.2 Å². The van der Waals surface area contributed by atoms with E-state index in [2.05, 4.69) is 39.6 Å². The van der Waals surface area contributed by atoms with E-state index in [0.29, 0.717) is 10.5 Å². The molecule has 0 aromatic heterocycles. The SMILES string of the molecule is CCN1CCN(Cc2cccc(F)c2Br)CC1C. The summed E-state index contributed by atoms with van der Waals surface area (Å²) in [6, 6.07) is 5.84. The van der Waals surface area contributed by atoms with Gasteiger partial charge in [-0.2, -0.15) is 0 Å². The Balaban J connectivity index is 2.00. The first-order valence-corrected chi connectivity index (χ1v) is 7.30. The third kappa shape index (κ3) is 3.11. The van der Waals surface area contributed by atoms with Gasteiger partial charge >= 0.3 is 0 Å². The molecule has 1 aliphatic rings. The second-order valence-corrected chi connectivity index (χ2v) is 5.72. The Labute approximate surface area is 117 Å². The third-order valence-corrected chi connectivity index (χ3v) is 4.57. The summed E-state index contributed by atoms with van der Waals surface area (Å²) in [5.74, 6) is -0.173. The Morgan fingerprint density at radius 3 is 2.83 bits per heavy atom. The van der Waals surface area contributed by atoms with E-state index in [-0.39, 0.29) is 5.82 Å². The van der Waals surface area contributed by atoms with Gasteiger partial charge in [0, 0.05) is 32.2 Å². The van der Waals surface area contributed by atoms with Crippen LogP contribution in [0.2, 0.25) is 0 Å². The Bertz CT molecular complexity index is 411. The van der Waals surface area contributed by atoms with Crippen LogP contribution >= 0.6 is 15.9 Å². The quantitative estimate of drug-likeness (QED) is 0.846. The van der Waals surface area contributed by atoms with Crippen molar-refractivity contribution >= 4 is 15.9 Å². The molecule has 1 aromatic rings. The van der Waals surface area contributed by atoms with Gasteiger partial charge in [0.1, 0.15) is 5.82 Å². The molecule has 2 nitrogen and oxygen atoms in total. The van der Waals surface area contributed by atoms with Crippen molar-refractivity contribution in [2.45, 2.75) is 26.4 Å². The average Bonchev–Trinajstić information content (AvgIpc) is 2.35. The molecular weight excluding hydrogens is 295 g/mol. The van der Waals surface area contributed by atoms with E-state index in [0.717, 1.165) is 38.3 Å². The van der Waals surface area contributed by atoms with Gasteiger partial charge in [0.05, 0.1) is 4.47 Å². The molecule has 0 amide bonds. The van der Waals surface area contributed by atoms with Crippen molar-refractivity contribution in [1.82, 2.24) is 9.80 Å². The Morgan fingerprint density at radius 2 is 2.17 bits per heavy atom. The van der Waals surface area contributed by atoms with Gasteiger partial charge in [-0.1, -0.05) is 19.1 Å². The predicted molar refractivity (Wildman–Crippen MR) is 76.1 cm³/mol. The number of rotatable bonds is 3. The molecule has 4 heteroatoms. The summed E-state index contributed by atoms with van der Waals surface area (Å²) in [6.45, 7) is 9.60. The molecule has 1 heterocycles. The first-order chi connectivity index (χ1) is 8.61. The van der Waals surface area contributed by atoms with Crippen molar-refractivity contribution in [1.29, 1.82) is 0 Å². The Kier molecular flexibility index (Phi) is 4.76. The summed E-state index contributed by atoms with van der Waals surface area (Å²) in [6.07, 6.45) is 0. The Hall–Kier alpha value is -0.450. The maximum absolute atomic E-state index is 13.5. The van der Waals surface area contributed by atoms with Gasteiger partial charge in [-0.3, -0.25) is 9.80 Å². The fourth-order valence-corrected chi connectivity index (χ4v) is 2.99. The third-order valence-electron chi connectivity index (χ3n) is 3.68. The summed E-state index contributed by atoms with van der Waals surface area (Å²) in [5, 5.41) is 0. The van der Waals surface area contributed by atoms with Crippen molar-refractivity contribution in [3.05, 3.63) is 34.1 Å². The van der Waals surface area contributed by atoms with E-state index in [1.54, 1.807) is 6.07 Å². The molecule has 1 saturated heterocycles. The van der Waals surface area contributed by atoms with Crippen LogP contribution in [-0.4, -0.2) is 42.0 Å². The largest absolute Gasteiger partial charge is 0.298 e. The van der Waals surface area contributed by atoms with Crippen LogP contribution in [0.25, 0.3) is 0 Å². The zero-order valence-corrected chi connectivity index (χ0v) is 12.6. The van der Waals surface area contributed by atoms with Crippen LogP contribution in [0.5, 0.6) is 0 Å². The first-order valence-electron chi connectivity index (χ1n) is 6.51. The van der Waals surface area contributed by atoms with Gasteiger partial charge in [0.25, 0.3) is 0 Å². The highest BCUT2D eigenvalue weighted by Gasteiger charge is 2.22. The van der Waals surface area contributed by atoms with Crippen molar-refractivity contribution in [3.63, 3.8) is 0 Å². The molecule has 0 radical (unpaired) electrons. The van der Waals surface area contributed by atoms with Crippen molar-refractivity contribution in [3.8, 4) is 0 Å². The summed E-state index contributed by atoms with van der Waals surface area (Å²) < 4.78 is 14.1. The van der Waals surface area contributed by atoms with Crippen LogP contribution in [0, 0.1) is 5.82 Å². The number of benzene rings is 1. The molecule has 1 atom stereocenters. The molecule has 1 fully saturated rings. The van der Waals surface area contributed by atoms with E-state index in [1.807, 2.05) is 6.07 Å². The van der Waals surface area contributed by atoms with Crippen molar-refractivity contribution < 1.29 is 4.39 Å². The molecule has 18 heavy (non-hydrogen) atoms. The van der Waals surface area contributed by atoms with Gasteiger partial charge in [0.2, 0.25) is 0 Å². The van der Waals surface area contributed by atoms with Crippen LogP contribution in [0.4, 0.5) is 4.39 Å². The van der Waals surface area contributed by atoms with Crippen LogP contribution in [0.3, 0.4) is 0 Å². The minimum Gasteiger partial charge on any atom is -0.298 e. The smallest absolute Gasteiger partial charge is 0.137 e. The lowest BCUT2D eigenvalue weighted by molar-refractivity contribution is 0.0832. The maximum Gasteiger partial charge on any atom is 0.137 e. The second kappa shape index (κ2) is 6.13. The number of hydrogen-bond acceptors (Lipinski definition) is 2. The van der Waals surface area contributed by atoms with E-state index in [4.69, 9.17) is 0 Å². The van der Waals surface area contributed by atoms with Crippen LogP contribution in [0.15, 0.2) is 22.7 Å². The molecule has 0 bridgehead atoms. The normalized spacial score (nSPS) is 22.3. The predicted octanol–water partition coefficient (Wildman–Crippen LogP) is 3.11. The van der Waals surface area contributed by atoms with E-state index in [1.165, 1.54) is 6.07 Å². The van der Waals surface area contributed by atoms with Gasteiger partial charge in [-0.05, 0) is 41.0 Å². The molecule has 1 aromatic carbocycles. The molecule has 1 aliphatic heterocycles. The van der Waals surface area contributed by atoms with Crippen LogP contribution in [0.1, 0.15) is 19.4 Å². The summed E-state index contributed by atoms with van der Waals surface area (Å²) in [4.78, 5) is 4.88. The molecule has 2 rings (SSSR count). The zero-order chi connectivity index (χ0) is 13.1. The van der Waals surface area contributed by atoms with Gasteiger partial charge < -0.3 is 0 Å². The molecule has 0 aliphatic carbocycles. The standard InChI is InChI=1S/C14H20BrFN2/c1-3-18-8-7-17(9-11(18)2)10-12-5-4-6-13(16)14(12)15/h4-6,11H,3,7-10H2,1-2H3. The number of likely N-dealkylation sites (N-methyl/N-ethyl adjacent to an activating group) is 1. The fourth-order valence-electron chi connectivity index (χ4n) is 2.60. The minimum absolute atomic E-state index is 0.173. The monoisotopic (exact) mass is 314 g/mol. The van der Waals surface area contributed by atoms with Crippen molar-refractivity contribution in [2.24, 2.45) is 0 Å². The number of nitrogens with zero attached hydrogens (tertiary/aromatic N) is 2. The summed E-state index contributed by atoms with van der Waals surface area (Å²) in [7, 11) is 0. The van der Waals surface area contributed by atoms with E-state index < -0.39 is 0 Å². The molecule has 100 valence electrons. The minimum atomic E-state index is -0.173. The number of hydrogen-bond donors (Lipinski definition) is 0. The molecule has 0 saturated carbocycles. The van der Waals surface area contributed by atoms with Gasteiger partial charge in [-0.15, -0.1) is 0 Å². The average molecular weight is 315 g/mol. The fraction of sp³-hybridized carbons (Fsp3) is 0.571. The highest BCUT2D eigenvalue weighted by Crippen LogP contribution is 2.22. The lowest BCUT2D eigenvalue weighted by Gasteiger charge is -2.39. The van der Waals surface area contributed by atoms with Gasteiger partial charge in [0.15, 0.2) is 0 Å². The maximum atomic E-state index is 13.5. The second-order valence-electron chi connectivity index (χ2n) is 4.93. The lowest BCUT2D eigenvalue weighted by Crippen LogP contribution is -2.51. The first kappa shape index (κ1) is 14.0. The molecule has 0 N–H and O–H groups in total. The van der Waals surface area contributed by atoms with Crippen LogP contribution < -0.4 is 0 Å². The summed E-state index contributed by atoms with van der Waals surface area (Å²) >= 11 is 3.34. The number of piperazine rings is 1. The van der Waals surface area contributed by atoms with Crippen LogP contribution in [-0.2, 0) is 6.54 Å². The topological polar surface area (TPSA) is 6.48 Å². The zero-order valence-electron chi connectivity index (χ0n) is 11.0. The Morgan fingerprint density at radius 1 is 1.39 bits per heavy atom. The van der Waals surface area contributed by atoms with Gasteiger partial charge in [-0.25, -0.2) is 4.39 Å². The molecular formula is C14H20BrFN2. The lowest BCUT2D eigenvalue weighted by atomic mass is 10.1. The van der Waals surface area contributed by atoms with E-state index in [9.17, 15) is 4.39 Å². The summed E-state index contributed by atoms with van der Waals surface area (Å²) in [5.41, 5.74) is 1.03. The highest BCUT2D eigenvalue weighted by atomic mass is 79.9.